The number of aliphatic carboxylic acids is 1. The molecule has 1 aliphatic rings. The Labute approximate surface area is 409 Å². The van der Waals surface area contributed by atoms with Crippen LogP contribution in [-0.4, -0.2) is 106 Å². The van der Waals surface area contributed by atoms with Crippen LogP contribution in [0.3, 0.4) is 0 Å². The number of aryl methyl sites for hydroxylation is 1. The van der Waals surface area contributed by atoms with Gasteiger partial charge in [-0.3, -0.25) is 33.8 Å². The van der Waals surface area contributed by atoms with E-state index in [4.69, 9.17) is 5.73 Å². The zero-order valence-corrected chi connectivity index (χ0v) is 39.7. The van der Waals surface area contributed by atoms with Gasteiger partial charge in [-0.2, -0.15) is 4.98 Å². The molecular weight excluding hydrogens is 939 g/mol. The van der Waals surface area contributed by atoms with E-state index < -0.39 is 23.5 Å². The molecule has 4 amide bonds. The predicted octanol–water partition coefficient (Wildman–Crippen LogP) is 4.01. The van der Waals surface area contributed by atoms with Gasteiger partial charge in [-0.25, -0.2) is 19.4 Å². The minimum atomic E-state index is -1.29. The quantitative estimate of drug-likeness (QED) is 0.0352. The van der Waals surface area contributed by atoms with Crippen LogP contribution in [0.1, 0.15) is 66.6 Å². The van der Waals surface area contributed by atoms with Crippen LogP contribution < -0.4 is 37.5 Å². The molecule has 70 heavy (non-hydrogen) atoms. The first-order chi connectivity index (χ1) is 33.8. The lowest BCUT2D eigenvalue weighted by Crippen LogP contribution is -2.41. The third-order valence-corrected chi connectivity index (χ3v) is 13.5. The van der Waals surface area contributed by atoms with E-state index in [1.165, 1.54) is 39.9 Å². The van der Waals surface area contributed by atoms with E-state index >= 15 is 0 Å². The average Bonchev–Trinajstić information content (AvgIpc) is 3.73. The number of aromatic amines is 1. The van der Waals surface area contributed by atoms with Gasteiger partial charge in [0.1, 0.15) is 17.5 Å². The number of amides is 4. The number of fused-ring (bicyclic) bond motifs is 6. The number of hydrogen-bond donors (Lipinski definition) is 7. The maximum Gasteiger partial charge on any atom is 0.326 e. The number of ketones is 1. The molecule has 0 radical (unpaired) electrons. The number of nitrogens with one attached hydrogen (secondary N) is 5. The number of carboxylic acids is 1. The van der Waals surface area contributed by atoms with Crippen LogP contribution in [0.15, 0.2) is 83.8 Å². The molecule has 4 heterocycles. The summed E-state index contributed by atoms with van der Waals surface area (Å²) in [5.41, 5.74) is 11.5. The first-order valence-electron chi connectivity index (χ1n) is 22.4. The Morgan fingerprint density at radius 2 is 1.57 bits per heavy atom. The van der Waals surface area contributed by atoms with Gasteiger partial charge in [0.15, 0.2) is 11.2 Å². The van der Waals surface area contributed by atoms with Crippen LogP contribution in [0.5, 0.6) is 0 Å². The largest absolute Gasteiger partial charge is 0.480 e. The van der Waals surface area contributed by atoms with E-state index in [9.17, 15) is 38.7 Å². The van der Waals surface area contributed by atoms with E-state index in [0.717, 1.165) is 33.8 Å². The summed E-state index contributed by atoms with van der Waals surface area (Å²) in [4.78, 5) is 105. The van der Waals surface area contributed by atoms with Gasteiger partial charge >= 0.3 is 5.97 Å². The molecule has 3 aromatic heterocycles. The van der Waals surface area contributed by atoms with Gasteiger partial charge in [0.2, 0.25) is 23.7 Å². The second kappa shape index (κ2) is 24.1. The number of nitrogens with two attached hydrogens (primary N) is 1. The SMILES string of the molecule is Cn1nnc2c1-c1ccccc1N(C(=O)CCC(=O)NCCSSCCC(=O)NCCCC(=O)CC[C@H](NC(=O)c1ccc(NCc3cnc4nc(N)[nH]c(=O)c4n3)cc1)C(=O)O)Cc1ccccc1-2. The number of H-pyrrole nitrogens is 1. The number of aromatic nitrogens is 7. The normalized spacial score (nSPS) is 12.1. The summed E-state index contributed by atoms with van der Waals surface area (Å²) in [5.74, 6) is -1.56. The van der Waals surface area contributed by atoms with E-state index in [0.29, 0.717) is 42.4 Å². The molecule has 8 N–H and O–H groups in total. The summed E-state index contributed by atoms with van der Waals surface area (Å²) in [6, 6.07) is 20.4. The fourth-order valence-corrected chi connectivity index (χ4v) is 9.46. The van der Waals surface area contributed by atoms with E-state index in [2.05, 4.69) is 51.5 Å². The summed E-state index contributed by atoms with van der Waals surface area (Å²) in [7, 11) is 4.85. The van der Waals surface area contributed by atoms with E-state index in [-0.39, 0.29) is 97.8 Å². The third kappa shape index (κ3) is 13.3. The molecule has 1 aliphatic heterocycles. The van der Waals surface area contributed by atoms with Crippen molar-refractivity contribution in [1.82, 2.24) is 50.9 Å². The fraction of sp³-hybridized carbons (Fsp3) is 0.319. The van der Waals surface area contributed by atoms with Crippen molar-refractivity contribution in [3.8, 4) is 22.5 Å². The smallest absolute Gasteiger partial charge is 0.326 e. The van der Waals surface area contributed by atoms with Crippen molar-refractivity contribution in [2.75, 3.05) is 40.5 Å². The van der Waals surface area contributed by atoms with Crippen LogP contribution in [0.25, 0.3) is 33.7 Å². The molecule has 0 bridgehead atoms. The van der Waals surface area contributed by atoms with Crippen LogP contribution in [0.4, 0.5) is 17.3 Å². The Morgan fingerprint density at radius 3 is 2.37 bits per heavy atom. The van der Waals surface area contributed by atoms with Crippen LogP contribution in [0, 0.1) is 0 Å². The van der Waals surface area contributed by atoms with Crippen molar-refractivity contribution >= 4 is 85.5 Å². The Balaban J connectivity index is 0.724. The number of benzene rings is 3. The molecule has 3 aromatic carbocycles. The highest BCUT2D eigenvalue weighted by Gasteiger charge is 2.29. The van der Waals surface area contributed by atoms with Crippen LogP contribution >= 0.6 is 21.6 Å². The lowest BCUT2D eigenvalue weighted by atomic mass is 9.95. The Kier molecular flexibility index (Phi) is 17.3. The number of carbonyl (C=O) groups is 6. The van der Waals surface area contributed by atoms with Crippen molar-refractivity contribution in [1.29, 1.82) is 0 Å². The highest BCUT2D eigenvalue weighted by molar-refractivity contribution is 8.76. The first-order valence-corrected chi connectivity index (χ1v) is 24.9. The molecule has 0 unspecified atom stereocenters. The van der Waals surface area contributed by atoms with Gasteiger partial charge in [-0.05, 0) is 48.7 Å². The number of carbonyl (C=O) groups excluding carboxylic acids is 5. The van der Waals surface area contributed by atoms with E-state index in [1.54, 1.807) is 21.7 Å². The second-order valence-electron chi connectivity index (χ2n) is 16.1. The summed E-state index contributed by atoms with van der Waals surface area (Å²) in [6.07, 6.45) is 2.14. The maximum absolute atomic E-state index is 13.7. The Hall–Kier alpha value is -7.66. The molecule has 7 rings (SSSR count). The van der Waals surface area contributed by atoms with E-state index in [1.807, 2.05) is 55.6 Å². The summed E-state index contributed by atoms with van der Waals surface area (Å²) >= 11 is 0. The number of rotatable bonds is 23. The molecular formula is C47H51N13O8S2. The van der Waals surface area contributed by atoms with Crippen molar-refractivity contribution in [2.24, 2.45) is 7.05 Å². The molecule has 364 valence electrons. The van der Waals surface area contributed by atoms with Gasteiger partial charge < -0.3 is 37.0 Å². The van der Waals surface area contributed by atoms with Gasteiger partial charge in [0.25, 0.3) is 11.5 Å². The van der Waals surface area contributed by atoms with Crippen molar-refractivity contribution in [3.05, 3.63) is 106 Å². The van der Waals surface area contributed by atoms with Gasteiger partial charge in [0.05, 0.1) is 36.4 Å². The minimum absolute atomic E-state index is 0.0298. The zero-order valence-electron chi connectivity index (χ0n) is 38.1. The van der Waals surface area contributed by atoms with Gasteiger partial charge in [-0.15, -0.1) is 5.10 Å². The number of anilines is 3. The predicted molar refractivity (Wildman–Crippen MR) is 266 cm³/mol. The number of hydrogen-bond acceptors (Lipinski definition) is 16. The van der Waals surface area contributed by atoms with Crippen LogP contribution in [-0.2, 0) is 44.1 Å². The fourth-order valence-electron chi connectivity index (χ4n) is 7.56. The molecule has 1 atom stereocenters. The third-order valence-electron chi connectivity index (χ3n) is 11.1. The van der Waals surface area contributed by atoms with Gasteiger partial charge in [0, 0.05) is 86.1 Å². The zero-order chi connectivity index (χ0) is 49.6. The molecule has 0 aliphatic carbocycles. The number of nitrogens with zero attached hydrogens (tertiary/aromatic N) is 7. The number of Topliss-reactive ketones (excluding diaryl/α,β-unsaturated/α-hetero) is 1. The Morgan fingerprint density at radius 1 is 0.843 bits per heavy atom. The molecule has 0 fully saturated rings. The lowest BCUT2D eigenvalue weighted by molar-refractivity contribution is -0.139. The molecule has 0 saturated carbocycles. The van der Waals surface area contributed by atoms with Crippen molar-refractivity contribution < 1.29 is 33.9 Å². The highest BCUT2D eigenvalue weighted by Crippen LogP contribution is 2.41. The first kappa shape index (κ1) is 50.2. The maximum atomic E-state index is 13.7. The summed E-state index contributed by atoms with van der Waals surface area (Å²) in [6.45, 7) is 1.22. The highest BCUT2D eigenvalue weighted by atomic mass is 33.1. The van der Waals surface area contributed by atoms with Crippen molar-refractivity contribution in [2.45, 2.75) is 64.1 Å². The standard InChI is InChI=1S/C47H51N13O8S2/c1-59-42-34-10-4-5-11-36(34)60(27-29-7-2-3-9-33(29)40(42)57-58-59)39(64)19-18-37(62)50-22-24-70-69-23-20-38(63)49-21-6-8-32(61)16-17-35(46(67)68)54-44(65)28-12-14-30(15-13-28)51-25-31-26-52-43-41(53-31)45(66)56-47(48)55-43/h2-5,7,9-15,26,35,51H,6,8,16-25,27H2,1H3,(H,49,63)(H,50,62)(H,54,65)(H,67,68)(H3,48,52,55,56,66)/t35-/m0/s1. The van der Waals surface area contributed by atoms with Gasteiger partial charge in [-0.1, -0.05) is 69.3 Å². The number of nitrogen functional groups attached to an aromatic ring is 1. The monoisotopic (exact) mass is 989 g/mol. The number of para-hydroxylation sites is 1. The second-order valence-corrected chi connectivity index (χ2v) is 18.8. The lowest BCUT2D eigenvalue weighted by Gasteiger charge is -2.28. The molecule has 0 spiro atoms. The molecule has 23 heteroatoms. The topological polar surface area (TPSA) is 302 Å². The van der Waals surface area contributed by atoms with Crippen LogP contribution in [0.2, 0.25) is 0 Å². The summed E-state index contributed by atoms with van der Waals surface area (Å²) in [5, 5.41) is 29.7. The molecule has 21 nitrogen and oxygen atoms in total. The van der Waals surface area contributed by atoms with Crippen molar-refractivity contribution in [3.63, 3.8) is 0 Å². The summed E-state index contributed by atoms with van der Waals surface area (Å²) < 4.78 is 1.71. The average molecular weight is 990 g/mol. The Bertz CT molecular complexity index is 2950. The number of carboxylic acid groups (broad SMARTS) is 1. The molecule has 0 saturated heterocycles. The minimum Gasteiger partial charge on any atom is -0.480 e. The molecule has 6 aromatic rings.